The molecule has 0 radical (unpaired) electrons. The lowest BCUT2D eigenvalue weighted by molar-refractivity contribution is 0.373. The molecular weight excluding hydrogens is 213 g/mol. The van der Waals surface area contributed by atoms with E-state index in [2.05, 4.69) is 9.97 Å². The lowest BCUT2D eigenvalue weighted by atomic mass is 10.4. The Bertz CT molecular complexity index is 312. The van der Waals surface area contributed by atoms with Crippen molar-refractivity contribution in [3.63, 3.8) is 0 Å². The number of nitrogens with zero attached hydrogens (tertiary/aromatic N) is 2. The minimum absolute atomic E-state index is 0.202. The first kappa shape index (κ1) is 11.0. The van der Waals surface area contributed by atoms with E-state index in [4.69, 9.17) is 0 Å². The predicted octanol–water partition coefficient (Wildman–Crippen LogP) is 3.04. The molecule has 0 saturated heterocycles. The first-order valence-electron chi connectivity index (χ1n) is 3.79. The summed E-state index contributed by atoms with van der Waals surface area (Å²) in [4.78, 5) is 7.69. The Morgan fingerprint density at radius 1 is 1.21 bits per heavy atom. The number of halogens is 3. The van der Waals surface area contributed by atoms with Crippen LogP contribution in [-0.4, -0.2) is 15.7 Å². The van der Waals surface area contributed by atoms with Gasteiger partial charge in [0.05, 0.1) is 0 Å². The van der Waals surface area contributed by atoms with Crippen molar-refractivity contribution in [2.45, 2.75) is 11.6 Å². The van der Waals surface area contributed by atoms with E-state index in [1.165, 1.54) is 12.4 Å². The van der Waals surface area contributed by atoms with Crippen molar-refractivity contribution in [3.8, 4) is 0 Å². The van der Waals surface area contributed by atoms with Crippen LogP contribution in [0, 0.1) is 0 Å². The van der Waals surface area contributed by atoms with Crippen LogP contribution in [0.25, 0.3) is 0 Å². The fourth-order valence-electron chi connectivity index (χ4n) is 0.686. The van der Waals surface area contributed by atoms with E-state index in [0.29, 0.717) is 5.16 Å². The van der Waals surface area contributed by atoms with Crippen LogP contribution in [0.1, 0.15) is 6.42 Å². The molecule has 1 rings (SSSR count). The highest BCUT2D eigenvalue weighted by molar-refractivity contribution is 7.99. The van der Waals surface area contributed by atoms with Crippen molar-refractivity contribution in [2.75, 3.05) is 5.75 Å². The number of hydrogen-bond donors (Lipinski definition) is 0. The molecule has 1 aromatic heterocycles. The van der Waals surface area contributed by atoms with Crippen molar-refractivity contribution in [3.05, 3.63) is 30.4 Å². The summed E-state index contributed by atoms with van der Waals surface area (Å²) in [5, 5.41) is 0.458. The molecule has 0 aliphatic rings. The number of aromatic nitrogens is 2. The Kier molecular flexibility index (Phi) is 4.45. The van der Waals surface area contributed by atoms with Gasteiger partial charge >= 0.3 is 6.08 Å². The number of rotatable bonds is 4. The van der Waals surface area contributed by atoms with Gasteiger partial charge < -0.3 is 0 Å². The van der Waals surface area contributed by atoms with Crippen LogP contribution in [-0.2, 0) is 0 Å². The predicted molar refractivity (Wildman–Crippen MR) is 47.7 cm³/mol. The summed E-state index contributed by atoms with van der Waals surface area (Å²) in [6.45, 7) is 0. The van der Waals surface area contributed by atoms with Crippen LogP contribution in [0.2, 0.25) is 0 Å². The maximum atomic E-state index is 12.3. The molecule has 0 bridgehead atoms. The number of allylic oxidation sites excluding steroid dienone is 1. The van der Waals surface area contributed by atoms with Crippen LogP contribution in [0.15, 0.2) is 35.5 Å². The molecule has 0 aliphatic heterocycles. The van der Waals surface area contributed by atoms with Crippen LogP contribution >= 0.6 is 11.8 Å². The third kappa shape index (κ3) is 3.78. The molecule has 0 spiro atoms. The minimum Gasteiger partial charge on any atom is -0.231 e. The lowest BCUT2D eigenvalue weighted by Crippen LogP contribution is -1.87. The van der Waals surface area contributed by atoms with E-state index in [-0.39, 0.29) is 12.2 Å². The molecule has 0 N–H and O–H groups in total. The van der Waals surface area contributed by atoms with Crippen molar-refractivity contribution in [2.24, 2.45) is 0 Å². The number of hydrogen-bond acceptors (Lipinski definition) is 3. The third-order valence-electron chi connectivity index (χ3n) is 1.30. The summed E-state index contributed by atoms with van der Waals surface area (Å²) in [6.07, 6.45) is 0.527. The summed E-state index contributed by atoms with van der Waals surface area (Å²) in [6, 6.07) is 1.64. The Hall–Kier alpha value is -1.04. The molecule has 0 fully saturated rings. The molecule has 1 aromatic rings. The first-order chi connectivity index (χ1) is 6.70. The molecule has 0 aliphatic carbocycles. The highest BCUT2D eigenvalue weighted by atomic mass is 32.2. The Morgan fingerprint density at radius 2 is 1.86 bits per heavy atom. The van der Waals surface area contributed by atoms with Crippen LogP contribution < -0.4 is 0 Å². The zero-order valence-electron chi connectivity index (χ0n) is 7.08. The van der Waals surface area contributed by atoms with Gasteiger partial charge in [-0.15, -0.1) is 0 Å². The zero-order valence-corrected chi connectivity index (χ0v) is 7.90. The summed E-state index contributed by atoms with van der Waals surface area (Å²) in [5.41, 5.74) is 0. The molecule has 14 heavy (non-hydrogen) atoms. The monoisotopic (exact) mass is 220 g/mol. The van der Waals surface area contributed by atoms with Gasteiger partial charge in [0.1, 0.15) is 0 Å². The topological polar surface area (TPSA) is 25.8 Å². The number of thioether (sulfide) groups is 1. The Morgan fingerprint density at radius 3 is 2.43 bits per heavy atom. The molecule has 0 aromatic carbocycles. The molecule has 76 valence electrons. The fraction of sp³-hybridized carbons (Fsp3) is 0.250. The maximum Gasteiger partial charge on any atom is 0.301 e. The van der Waals surface area contributed by atoms with Gasteiger partial charge in [-0.2, -0.15) is 8.78 Å². The highest BCUT2D eigenvalue weighted by Gasteiger charge is 2.05. The van der Waals surface area contributed by atoms with Gasteiger partial charge in [0.2, 0.25) is 0 Å². The molecule has 0 amide bonds. The summed E-state index contributed by atoms with van der Waals surface area (Å²) < 4.78 is 35.5. The van der Waals surface area contributed by atoms with Gasteiger partial charge in [-0.3, -0.25) is 0 Å². The van der Waals surface area contributed by atoms with Gasteiger partial charge in [0, 0.05) is 24.6 Å². The highest BCUT2D eigenvalue weighted by Crippen LogP contribution is 2.19. The standard InChI is InChI=1S/C8H7F3N2S/c9-6(7(10)11)2-5-14-8-12-3-1-4-13-8/h1,3-4H,2,5H2. The van der Waals surface area contributed by atoms with E-state index in [9.17, 15) is 13.2 Å². The Labute approximate surface area is 83.3 Å². The fourth-order valence-corrected chi connectivity index (χ4v) is 1.42. The van der Waals surface area contributed by atoms with Gasteiger partial charge in [-0.25, -0.2) is 14.4 Å². The van der Waals surface area contributed by atoms with E-state index < -0.39 is 11.9 Å². The molecule has 2 nitrogen and oxygen atoms in total. The minimum atomic E-state index is -2.25. The Balaban J connectivity index is 2.33. The molecule has 0 saturated carbocycles. The van der Waals surface area contributed by atoms with Crippen molar-refractivity contribution in [1.29, 1.82) is 0 Å². The smallest absolute Gasteiger partial charge is 0.231 e. The second-order valence-corrected chi connectivity index (χ2v) is 3.36. The van der Waals surface area contributed by atoms with E-state index >= 15 is 0 Å². The van der Waals surface area contributed by atoms with Crippen LogP contribution in [0.4, 0.5) is 13.2 Å². The average Bonchev–Trinajstić information content (AvgIpc) is 2.19. The van der Waals surface area contributed by atoms with Gasteiger partial charge in [-0.1, -0.05) is 11.8 Å². The SMILES string of the molecule is FC(F)=C(F)CCSc1ncccn1. The van der Waals surface area contributed by atoms with Crippen molar-refractivity contribution < 1.29 is 13.2 Å². The maximum absolute atomic E-state index is 12.3. The van der Waals surface area contributed by atoms with Gasteiger partial charge in [0.25, 0.3) is 0 Å². The summed E-state index contributed by atoms with van der Waals surface area (Å²) in [5.74, 6) is -1.17. The zero-order chi connectivity index (χ0) is 10.4. The largest absolute Gasteiger partial charge is 0.301 e. The van der Waals surface area contributed by atoms with Crippen LogP contribution in [0.5, 0.6) is 0 Å². The third-order valence-corrected chi connectivity index (χ3v) is 2.18. The summed E-state index contributed by atoms with van der Waals surface area (Å²) in [7, 11) is 0. The second-order valence-electron chi connectivity index (χ2n) is 2.30. The van der Waals surface area contributed by atoms with Gasteiger partial charge in [0.15, 0.2) is 11.0 Å². The lowest BCUT2D eigenvalue weighted by Gasteiger charge is -1.97. The van der Waals surface area contributed by atoms with E-state index in [1.807, 2.05) is 0 Å². The normalized spacial score (nSPS) is 9.93. The molecule has 0 unspecified atom stereocenters. The van der Waals surface area contributed by atoms with Crippen LogP contribution in [0.3, 0.4) is 0 Å². The molecule has 6 heteroatoms. The quantitative estimate of drug-likeness (QED) is 0.576. The average molecular weight is 220 g/mol. The van der Waals surface area contributed by atoms with Crippen molar-refractivity contribution in [1.82, 2.24) is 9.97 Å². The van der Waals surface area contributed by atoms with E-state index in [1.54, 1.807) is 6.07 Å². The molecular formula is C8H7F3N2S. The second kappa shape index (κ2) is 5.64. The molecule has 1 heterocycles. The van der Waals surface area contributed by atoms with E-state index in [0.717, 1.165) is 11.8 Å². The summed E-state index contributed by atoms with van der Waals surface area (Å²) >= 11 is 1.14. The van der Waals surface area contributed by atoms with Crippen molar-refractivity contribution >= 4 is 11.8 Å². The van der Waals surface area contributed by atoms with Gasteiger partial charge in [-0.05, 0) is 6.07 Å². The molecule has 0 atom stereocenters. The first-order valence-corrected chi connectivity index (χ1v) is 4.78.